The van der Waals surface area contributed by atoms with Crippen molar-refractivity contribution < 1.29 is 33.5 Å². The number of nitrogens with one attached hydrogen (secondary N) is 1. The van der Waals surface area contributed by atoms with Gasteiger partial charge in [0.05, 0.1) is 31.9 Å². The van der Waals surface area contributed by atoms with E-state index in [4.69, 9.17) is 18.9 Å². The Bertz CT molecular complexity index is 906. The smallest absolute Gasteiger partial charge is 0.346 e. The topological polar surface area (TPSA) is 126 Å². The van der Waals surface area contributed by atoms with Crippen LogP contribution in [0.25, 0.3) is 0 Å². The molecule has 2 rings (SSSR count). The molecule has 1 N–H and O–H groups in total. The molecule has 10 heteroatoms. The minimum Gasteiger partial charge on any atom is -0.496 e. The number of nitro benzene ring substituents is 1. The van der Waals surface area contributed by atoms with E-state index in [-0.39, 0.29) is 34.2 Å². The van der Waals surface area contributed by atoms with Crippen LogP contribution in [0.5, 0.6) is 17.2 Å². The van der Waals surface area contributed by atoms with E-state index < -0.39 is 22.9 Å². The molecule has 0 aliphatic rings. The molecule has 29 heavy (non-hydrogen) atoms. The first-order chi connectivity index (χ1) is 13.8. The minimum absolute atomic E-state index is 0.0325. The Hall–Kier alpha value is -3.82. The normalized spacial score (nSPS) is 11.2. The first-order valence-electron chi connectivity index (χ1n) is 8.37. The average Bonchev–Trinajstić information content (AvgIpc) is 2.72. The highest BCUT2D eigenvalue weighted by molar-refractivity contribution is 6.00. The van der Waals surface area contributed by atoms with Crippen molar-refractivity contribution in [3.8, 4) is 17.2 Å². The lowest BCUT2D eigenvalue weighted by Crippen LogP contribution is -2.30. The summed E-state index contributed by atoms with van der Waals surface area (Å²) in [4.78, 5) is 35.4. The fraction of sp³-hybridized carbons (Fsp3) is 0.263. The zero-order valence-electron chi connectivity index (χ0n) is 16.3. The Morgan fingerprint density at radius 2 is 1.59 bits per heavy atom. The first kappa shape index (κ1) is 21.5. The van der Waals surface area contributed by atoms with E-state index >= 15 is 0 Å². The number of hydrogen-bond donors (Lipinski definition) is 1. The van der Waals surface area contributed by atoms with Crippen molar-refractivity contribution in [2.45, 2.75) is 13.0 Å². The molecule has 1 atom stereocenters. The van der Waals surface area contributed by atoms with Gasteiger partial charge in [-0.1, -0.05) is 6.07 Å². The Kier molecular flexibility index (Phi) is 6.96. The Morgan fingerprint density at radius 3 is 2.10 bits per heavy atom. The number of methoxy groups -OCH3 is 3. The molecule has 2 aromatic rings. The highest BCUT2D eigenvalue weighted by Crippen LogP contribution is 2.30. The lowest BCUT2D eigenvalue weighted by atomic mass is 10.1. The summed E-state index contributed by atoms with van der Waals surface area (Å²) in [5.41, 5.74) is -0.126. The van der Waals surface area contributed by atoms with Gasteiger partial charge in [-0.3, -0.25) is 14.9 Å². The maximum Gasteiger partial charge on any atom is 0.346 e. The summed E-state index contributed by atoms with van der Waals surface area (Å²) >= 11 is 0. The second-order valence-electron chi connectivity index (χ2n) is 5.72. The zero-order chi connectivity index (χ0) is 21.6. The largest absolute Gasteiger partial charge is 0.496 e. The van der Waals surface area contributed by atoms with Gasteiger partial charge >= 0.3 is 5.97 Å². The number of carbonyl (C=O) groups excluding carboxylic acids is 2. The van der Waals surface area contributed by atoms with E-state index in [0.717, 1.165) is 6.07 Å². The van der Waals surface area contributed by atoms with E-state index in [1.165, 1.54) is 40.4 Å². The number of hydrogen-bond acceptors (Lipinski definition) is 8. The maximum atomic E-state index is 12.6. The number of non-ortho nitro benzene ring substituents is 1. The number of anilines is 1. The molecule has 154 valence electrons. The predicted octanol–water partition coefficient (Wildman–Crippen LogP) is 2.80. The minimum atomic E-state index is -1.22. The molecular weight excluding hydrogens is 384 g/mol. The number of rotatable bonds is 8. The van der Waals surface area contributed by atoms with Gasteiger partial charge in [-0.25, -0.2) is 4.79 Å². The summed E-state index contributed by atoms with van der Waals surface area (Å²) < 4.78 is 20.6. The molecular formula is C19H20N2O8. The summed E-state index contributed by atoms with van der Waals surface area (Å²) in [7, 11) is 4.13. The van der Waals surface area contributed by atoms with Gasteiger partial charge in [0.15, 0.2) is 6.10 Å². The van der Waals surface area contributed by atoms with Crippen molar-refractivity contribution in [1.29, 1.82) is 0 Å². The lowest BCUT2D eigenvalue weighted by Gasteiger charge is -2.17. The molecule has 2 aromatic carbocycles. The number of nitro groups is 1. The van der Waals surface area contributed by atoms with Crippen molar-refractivity contribution in [2.75, 3.05) is 26.6 Å². The van der Waals surface area contributed by atoms with Gasteiger partial charge in [-0.2, -0.15) is 0 Å². The number of nitrogens with zero attached hydrogens (tertiary/aromatic N) is 1. The third-order valence-electron chi connectivity index (χ3n) is 3.94. The van der Waals surface area contributed by atoms with E-state index in [1.54, 1.807) is 18.2 Å². The number of ether oxygens (including phenoxy) is 4. The van der Waals surface area contributed by atoms with Crippen LogP contribution in [0.15, 0.2) is 36.4 Å². The van der Waals surface area contributed by atoms with Crippen LogP contribution in [0.3, 0.4) is 0 Å². The third kappa shape index (κ3) is 4.92. The molecule has 0 fully saturated rings. The average molecular weight is 404 g/mol. The second kappa shape index (κ2) is 9.40. The molecule has 10 nitrogen and oxygen atoms in total. The van der Waals surface area contributed by atoms with Crippen LogP contribution in [0.2, 0.25) is 0 Å². The van der Waals surface area contributed by atoms with E-state index in [9.17, 15) is 19.7 Å². The highest BCUT2D eigenvalue weighted by atomic mass is 16.6. The monoisotopic (exact) mass is 404 g/mol. The molecule has 0 bridgehead atoms. The van der Waals surface area contributed by atoms with Crippen molar-refractivity contribution in [1.82, 2.24) is 0 Å². The summed E-state index contributed by atoms with van der Waals surface area (Å²) in [6.45, 7) is 1.36. The van der Waals surface area contributed by atoms with E-state index in [1.807, 2.05) is 0 Å². The molecule has 0 saturated heterocycles. The summed E-state index contributed by atoms with van der Waals surface area (Å²) in [6.07, 6.45) is -1.22. The lowest BCUT2D eigenvalue weighted by molar-refractivity contribution is -0.384. The molecule has 0 spiro atoms. The van der Waals surface area contributed by atoms with Crippen molar-refractivity contribution in [3.63, 3.8) is 0 Å². The molecule has 0 radical (unpaired) electrons. The van der Waals surface area contributed by atoms with Crippen molar-refractivity contribution in [2.24, 2.45) is 0 Å². The standard InChI is InChI=1S/C19H20N2O8/c1-11(29-19(23)17-15(27-3)6-5-7-16(17)28-4)18(22)20-13-10-12(21(24)25)8-9-14(13)26-2/h5-11H,1-4H3,(H,20,22)/t11-/m1/s1. The quantitative estimate of drug-likeness (QED) is 0.404. The highest BCUT2D eigenvalue weighted by Gasteiger charge is 2.25. The fourth-order valence-corrected chi connectivity index (χ4v) is 2.47. The van der Waals surface area contributed by atoms with Crippen LogP contribution in [0.4, 0.5) is 11.4 Å². The van der Waals surface area contributed by atoms with Crippen LogP contribution >= 0.6 is 0 Å². The van der Waals surface area contributed by atoms with Gasteiger partial charge in [0.25, 0.3) is 11.6 Å². The van der Waals surface area contributed by atoms with Crippen molar-refractivity contribution >= 4 is 23.3 Å². The Balaban J connectivity index is 2.19. The molecule has 1 amide bonds. The van der Waals surface area contributed by atoms with Crippen LogP contribution < -0.4 is 19.5 Å². The Labute approximate surface area is 166 Å². The number of esters is 1. The van der Waals surface area contributed by atoms with Crippen molar-refractivity contribution in [3.05, 3.63) is 52.1 Å². The molecule has 0 saturated carbocycles. The molecule has 0 aliphatic heterocycles. The van der Waals surface area contributed by atoms with Gasteiger partial charge < -0.3 is 24.3 Å². The zero-order valence-corrected chi connectivity index (χ0v) is 16.3. The summed E-state index contributed by atoms with van der Waals surface area (Å²) in [5.74, 6) is -0.863. The summed E-state index contributed by atoms with van der Waals surface area (Å²) in [5, 5.41) is 13.4. The SMILES string of the molecule is COc1ccc([N+](=O)[O-])cc1NC(=O)[C@@H](C)OC(=O)c1c(OC)cccc1OC. The first-order valence-corrected chi connectivity index (χ1v) is 8.37. The third-order valence-corrected chi connectivity index (χ3v) is 3.94. The molecule has 0 aliphatic carbocycles. The van der Waals surface area contributed by atoms with Gasteiger partial charge in [-0.05, 0) is 25.1 Å². The Morgan fingerprint density at radius 1 is 1.00 bits per heavy atom. The maximum absolute atomic E-state index is 12.6. The number of carbonyl (C=O) groups is 2. The summed E-state index contributed by atoms with van der Waals surface area (Å²) in [6, 6.07) is 8.49. The van der Waals surface area contributed by atoms with E-state index in [2.05, 4.69) is 5.32 Å². The number of benzene rings is 2. The van der Waals surface area contributed by atoms with Crippen LogP contribution in [0, 0.1) is 10.1 Å². The van der Waals surface area contributed by atoms with Crippen LogP contribution in [-0.2, 0) is 9.53 Å². The predicted molar refractivity (Wildman–Crippen MR) is 103 cm³/mol. The molecule has 0 aromatic heterocycles. The van der Waals surface area contributed by atoms with Gasteiger partial charge in [0.2, 0.25) is 0 Å². The molecule has 0 unspecified atom stereocenters. The van der Waals surface area contributed by atoms with E-state index in [0.29, 0.717) is 0 Å². The fourth-order valence-electron chi connectivity index (χ4n) is 2.47. The van der Waals surface area contributed by atoms with Crippen LogP contribution in [0.1, 0.15) is 17.3 Å². The van der Waals surface area contributed by atoms with Crippen LogP contribution in [-0.4, -0.2) is 44.2 Å². The van der Waals surface area contributed by atoms with Gasteiger partial charge in [-0.15, -0.1) is 0 Å². The second-order valence-corrected chi connectivity index (χ2v) is 5.72. The van der Waals surface area contributed by atoms with Gasteiger partial charge in [0.1, 0.15) is 22.8 Å². The van der Waals surface area contributed by atoms with Gasteiger partial charge in [0, 0.05) is 12.1 Å². The number of amides is 1. The molecule has 0 heterocycles.